The van der Waals surface area contributed by atoms with Crippen molar-refractivity contribution < 1.29 is 27.5 Å². The van der Waals surface area contributed by atoms with Gasteiger partial charge in [0.1, 0.15) is 17.4 Å². The molecular weight excluding hydrogens is 463 g/mol. The van der Waals surface area contributed by atoms with Gasteiger partial charge in [-0.2, -0.15) is 5.10 Å². The molecule has 0 aliphatic heterocycles. The monoisotopic (exact) mass is 481 g/mol. The molecule has 178 valence electrons. The van der Waals surface area contributed by atoms with Gasteiger partial charge in [0, 0.05) is 35.7 Å². The molecule has 2 aromatic heterocycles. The molecule has 0 bridgehead atoms. The van der Waals surface area contributed by atoms with Crippen LogP contribution in [0, 0.1) is 23.4 Å². The number of nitrogens with one attached hydrogen (secondary N) is 3. The maximum atomic E-state index is 14.6. The molecule has 8 nitrogen and oxygen atoms in total. The highest BCUT2D eigenvalue weighted by Crippen LogP contribution is 2.32. The molecule has 11 heteroatoms. The predicted octanol–water partition coefficient (Wildman–Crippen LogP) is 4.70. The van der Waals surface area contributed by atoms with Crippen LogP contribution >= 0.6 is 0 Å². The van der Waals surface area contributed by atoms with Crippen LogP contribution in [-0.4, -0.2) is 27.0 Å². The van der Waals surface area contributed by atoms with Gasteiger partial charge in [-0.3, -0.25) is 14.7 Å². The number of H-pyrrole nitrogens is 1. The summed E-state index contributed by atoms with van der Waals surface area (Å²) in [6.07, 6.45) is 2.74. The summed E-state index contributed by atoms with van der Waals surface area (Å²) in [5.41, 5.74) is 0.414. The summed E-state index contributed by atoms with van der Waals surface area (Å²) in [7, 11) is 0. The number of pyridine rings is 1. The first-order chi connectivity index (χ1) is 16.9. The van der Waals surface area contributed by atoms with Crippen LogP contribution in [0.1, 0.15) is 18.5 Å². The number of benzene rings is 2. The number of halogens is 3. The Morgan fingerprint density at radius 3 is 2.66 bits per heavy atom. The molecule has 2 aromatic carbocycles. The molecule has 2 amide bonds. The number of anilines is 2. The quantitative estimate of drug-likeness (QED) is 0.355. The maximum absolute atomic E-state index is 14.6. The van der Waals surface area contributed by atoms with Gasteiger partial charge in [0.2, 0.25) is 11.8 Å². The number of nitrogens with zero attached hydrogens (tertiary/aromatic N) is 2. The zero-order valence-corrected chi connectivity index (χ0v) is 18.1. The van der Waals surface area contributed by atoms with Crippen LogP contribution in [0.2, 0.25) is 0 Å². The van der Waals surface area contributed by atoms with Gasteiger partial charge in [-0.25, -0.2) is 18.2 Å². The number of ether oxygens (including phenoxy) is 1. The lowest BCUT2D eigenvalue weighted by atomic mass is 10.1. The van der Waals surface area contributed by atoms with Crippen LogP contribution < -0.4 is 15.4 Å². The van der Waals surface area contributed by atoms with E-state index in [0.29, 0.717) is 10.9 Å². The van der Waals surface area contributed by atoms with Crippen LogP contribution in [-0.2, 0) is 16.0 Å². The van der Waals surface area contributed by atoms with Crippen LogP contribution in [0.4, 0.5) is 24.7 Å². The second kappa shape index (κ2) is 9.09. The van der Waals surface area contributed by atoms with E-state index >= 15 is 0 Å². The molecule has 0 unspecified atom stereocenters. The molecule has 3 N–H and O–H groups in total. The summed E-state index contributed by atoms with van der Waals surface area (Å²) in [5, 5.41) is 12.0. The third kappa shape index (κ3) is 5.08. The van der Waals surface area contributed by atoms with Crippen molar-refractivity contribution >= 4 is 34.2 Å². The van der Waals surface area contributed by atoms with Crippen molar-refractivity contribution in [3.05, 3.63) is 71.8 Å². The summed E-state index contributed by atoms with van der Waals surface area (Å²) >= 11 is 0. The summed E-state index contributed by atoms with van der Waals surface area (Å²) in [4.78, 5) is 28.3. The van der Waals surface area contributed by atoms with Gasteiger partial charge in [-0.15, -0.1) is 0 Å². The third-order valence-corrected chi connectivity index (χ3v) is 5.39. The predicted molar refractivity (Wildman–Crippen MR) is 120 cm³/mol. The molecule has 0 radical (unpaired) electrons. The highest BCUT2D eigenvalue weighted by Gasteiger charge is 2.29. The number of fused-ring (bicyclic) bond motifs is 1. The third-order valence-electron chi connectivity index (χ3n) is 5.39. The van der Waals surface area contributed by atoms with Gasteiger partial charge < -0.3 is 15.4 Å². The topological polar surface area (TPSA) is 109 Å². The molecule has 35 heavy (non-hydrogen) atoms. The van der Waals surface area contributed by atoms with E-state index in [-0.39, 0.29) is 35.5 Å². The highest BCUT2D eigenvalue weighted by atomic mass is 19.1. The Bertz CT molecular complexity index is 1450. The number of aromatic nitrogens is 3. The molecule has 4 aromatic rings. The Hall–Kier alpha value is -4.41. The Morgan fingerprint density at radius 2 is 1.86 bits per heavy atom. The van der Waals surface area contributed by atoms with Crippen molar-refractivity contribution in [2.45, 2.75) is 19.3 Å². The summed E-state index contributed by atoms with van der Waals surface area (Å²) in [5.74, 6) is -3.23. The van der Waals surface area contributed by atoms with E-state index in [1.165, 1.54) is 36.5 Å². The molecule has 2 heterocycles. The fourth-order valence-corrected chi connectivity index (χ4v) is 3.47. The molecular formula is C24H18F3N5O3. The second-order valence-corrected chi connectivity index (χ2v) is 8.09. The summed E-state index contributed by atoms with van der Waals surface area (Å²) in [6, 6.07) is 8.38. The first-order valence-corrected chi connectivity index (χ1v) is 10.7. The van der Waals surface area contributed by atoms with Crippen LogP contribution in [0.3, 0.4) is 0 Å². The fraction of sp³-hybridized carbons (Fsp3) is 0.167. The molecule has 5 rings (SSSR count). The smallest absolute Gasteiger partial charge is 0.230 e. The molecule has 0 atom stereocenters. The molecule has 1 aliphatic carbocycles. The Balaban J connectivity index is 1.27. The standard InChI is InChI=1S/C24H18F3N5O3/c25-13-3-4-18-15(7-13)19(32-31-18)11-23(33)29-20-9-17(27)21(10-16(20)26)35-14-5-6-28-22(8-14)30-24(34)12-1-2-12/h3-10,12H,1-2,11H2,(H,29,33)(H,31,32)(H,28,30,34). The first-order valence-electron chi connectivity index (χ1n) is 10.7. The Morgan fingerprint density at radius 1 is 1.03 bits per heavy atom. The first kappa shape index (κ1) is 22.4. The van der Waals surface area contributed by atoms with Crippen molar-refractivity contribution in [3.8, 4) is 11.5 Å². The average molecular weight is 481 g/mol. The summed E-state index contributed by atoms with van der Waals surface area (Å²) < 4.78 is 48.2. The number of hydrogen-bond donors (Lipinski definition) is 3. The number of amides is 2. The number of hydrogen-bond acceptors (Lipinski definition) is 5. The van der Waals surface area contributed by atoms with Gasteiger partial charge in [0.05, 0.1) is 23.3 Å². The maximum Gasteiger partial charge on any atom is 0.230 e. The van der Waals surface area contributed by atoms with Crippen molar-refractivity contribution in [2.24, 2.45) is 5.92 Å². The van der Waals surface area contributed by atoms with E-state index in [9.17, 15) is 22.8 Å². The zero-order chi connectivity index (χ0) is 24.5. The minimum absolute atomic E-state index is 0.0245. The second-order valence-electron chi connectivity index (χ2n) is 8.09. The van der Waals surface area contributed by atoms with Crippen molar-refractivity contribution in [3.63, 3.8) is 0 Å². The number of carbonyl (C=O) groups excluding carboxylic acids is 2. The largest absolute Gasteiger partial charge is 0.454 e. The molecule has 1 saturated carbocycles. The van der Waals surface area contributed by atoms with Crippen molar-refractivity contribution in [2.75, 3.05) is 10.6 Å². The van der Waals surface area contributed by atoms with Crippen molar-refractivity contribution in [1.29, 1.82) is 0 Å². The lowest BCUT2D eigenvalue weighted by molar-refractivity contribution is -0.117. The highest BCUT2D eigenvalue weighted by molar-refractivity contribution is 5.95. The lowest BCUT2D eigenvalue weighted by Gasteiger charge is -2.11. The minimum Gasteiger partial charge on any atom is -0.454 e. The fourth-order valence-electron chi connectivity index (χ4n) is 3.47. The van der Waals surface area contributed by atoms with E-state index in [0.717, 1.165) is 25.0 Å². The van der Waals surface area contributed by atoms with E-state index in [1.54, 1.807) is 0 Å². The Labute approximate surface area is 196 Å². The molecule has 1 aliphatic rings. The zero-order valence-electron chi connectivity index (χ0n) is 18.1. The van der Waals surface area contributed by atoms with Crippen LogP contribution in [0.15, 0.2) is 48.7 Å². The van der Waals surface area contributed by atoms with Crippen LogP contribution in [0.5, 0.6) is 11.5 Å². The molecule has 0 saturated heterocycles. The number of aromatic amines is 1. The van der Waals surface area contributed by atoms with Gasteiger partial charge in [0.15, 0.2) is 17.4 Å². The number of rotatable bonds is 7. The number of carbonyl (C=O) groups is 2. The van der Waals surface area contributed by atoms with E-state index in [2.05, 4.69) is 25.8 Å². The van der Waals surface area contributed by atoms with Gasteiger partial charge in [0.25, 0.3) is 0 Å². The van der Waals surface area contributed by atoms with E-state index in [4.69, 9.17) is 4.74 Å². The normalized spacial score (nSPS) is 13.0. The minimum atomic E-state index is -0.927. The van der Waals surface area contributed by atoms with Gasteiger partial charge in [-0.1, -0.05) is 0 Å². The summed E-state index contributed by atoms with van der Waals surface area (Å²) in [6.45, 7) is 0. The average Bonchev–Trinajstić information content (AvgIpc) is 3.60. The SMILES string of the molecule is O=C(Cc1n[nH]c2ccc(F)cc12)Nc1cc(F)c(Oc2ccnc(NC(=O)C3CC3)c2)cc1F. The molecule has 0 spiro atoms. The lowest BCUT2D eigenvalue weighted by Crippen LogP contribution is -2.16. The van der Waals surface area contributed by atoms with E-state index in [1.807, 2.05) is 0 Å². The molecule has 1 fully saturated rings. The van der Waals surface area contributed by atoms with Gasteiger partial charge in [-0.05, 0) is 37.1 Å². The van der Waals surface area contributed by atoms with Crippen molar-refractivity contribution in [1.82, 2.24) is 15.2 Å². The van der Waals surface area contributed by atoms with E-state index < -0.39 is 34.8 Å². The Kier molecular flexibility index (Phi) is 5.81. The van der Waals surface area contributed by atoms with Crippen LogP contribution in [0.25, 0.3) is 10.9 Å². The van der Waals surface area contributed by atoms with Gasteiger partial charge >= 0.3 is 0 Å².